The average molecular weight is 271 g/mol. The van der Waals surface area contributed by atoms with Crippen LogP contribution in [-0.4, -0.2) is 12.7 Å². The van der Waals surface area contributed by atoms with Crippen LogP contribution in [0.4, 0.5) is 10.5 Å². The van der Waals surface area contributed by atoms with Gasteiger partial charge in [-0.05, 0) is 30.7 Å². The van der Waals surface area contributed by atoms with E-state index in [9.17, 15) is 4.79 Å². The molecule has 0 saturated carbocycles. The molecule has 2 rings (SSSR count). The van der Waals surface area contributed by atoms with Crippen LogP contribution >= 0.6 is 0 Å². The molecule has 2 aromatic rings. The Balaban J connectivity index is 2.00. The van der Waals surface area contributed by atoms with Gasteiger partial charge in [-0.25, -0.2) is 4.79 Å². The van der Waals surface area contributed by atoms with Crippen LogP contribution < -0.4 is 14.8 Å². The Morgan fingerprint density at radius 3 is 2.50 bits per heavy atom. The van der Waals surface area contributed by atoms with Gasteiger partial charge >= 0.3 is 6.09 Å². The quantitative estimate of drug-likeness (QED) is 0.891. The number of anilines is 1. The zero-order chi connectivity index (χ0) is 14.2. The second-order valence-corrected chi connectivity index (χ2v) is 4.17. The highest BCUT2D eigenvalue weighted by Crippen LogP contribution is 2.24. The van der Waals surface area contributed by atoms with Crippen LogP contribution in [-0.2, 0) is 0 Å². The Bertz CT molecular complexity index is 555. The maximum atomic E-state index is 11.8. The van der Waals surface area contributed by atoms with E-state index in [-0.39, 0.29) is 0 Å². The van der Waals surface area contributed by atoms with E-state index in [1.54, 1.807) is 30.3 Å². The van der Waals surface area contributed by atoms with Gasteiger partial charge in [0.05, 0.1) is 12.3 Å². The Hall–Kier alpha value is -2.49. The number of ether oxygens (including phenoxy) is 2. The predicted octanol–water partition coefficient (Wildman–Crippen LogP) is 4.09. The number of nitrogens with one attached hydrogen (secondary N) is 1. The summed E-state index contributed by atoms with van der Waals surface area (Å²) in [6.45, 7) is 2.63. The molecule has 0 aromatic heterocycles. The van der Waals surface area contributed by atoms with Crippen LogP contribution in [0.15, 0.2) is 54.6 Å². The van der Waals surface area contributed by atoms with E-state index in [2.05, 4.69) is 5.32 Å². The molecule has 0 aliphatic carbocycles. The van der Waals surface area contributed by atoms with Crippen LogP contribution in [0, 0.1) is 0 Å². The molecule has 0 spiro atoms. The first kappa shape index (κ1) is 13.9. The topological polar surface area (TPSA) is 47.6 Å². The normalized spacial score (nSPS) is 9.85. The van der Waals surface area contributed by atoms with E-state index >= 15 is 0 Å². The zero-order valence-electron chi connectivity index (χ0n) is 11.3. The van der Waals surface area contributed by atoms with E-state index in [0.717, 1.165) is 6.42 Å². The number of amides is 1. The molecule has 0 aliphatic heterocycles. The summed E-state index contributed by atoms with van der Waals surface area (Å²) in [5, 5.41) is 2.68. The minimum Gasteiger partial charge on any atom is -0.491 e. The van der Waals surface area contributed by atoms with Gasteiger partial charge in [-0.15, -0.1) is 0 Å². The van der Waals surface area contributed by atoms with E-state index in [1.807, 2.05) is 31.2 Å². The highest BCUT2D eigenvalue weighted by Gasteiger charge is 2.08. The molecule has 0 saturated heterocycles. The molecule has 0 bridgehead atoms. The lowest BCUT2D eigenvalue weighted by Gasteiger charge is -2.11. The van der Waals surface area contributed by atoms with Crippen LogP contribution in [0.2, 0.25) is 0 Å². The Labute approximate surface area is 118 Å². The molecule has 1 N–H and O–H groups in total. The molecule has 0 fully saturated rings. The summed E-state index contributed by atoms with van der Waals surface area (Å²) in [4.78, 5) is 11.8. The Morgan fingerprint density at radius 1 is 1.05 bits per heavy atom. The van der Waals surface area contributed by atoms with E-state index in [0.29, 0.717) is 23.8 Å². The number of hydrogen-bond donors (Lipinski definition) is 1. The summed E-state index contributed by atoms with van der Waals surface area (Å²) in [6.07, 6.45) is 0.367. The van der Waals surface area contributed by atoms with Crippen molar-refractivity contribution in [2.45, 2.75) is 13.3 Å². The highest BCUT2D eigenvalue weighted by atomic mass is 16.6. The number of benzene rings is 2. The van der Waals surface area contributed by atoms with E-state index < -0.39 is 6.09 Å². The number of rotatable bonds is 5. The maximum Gasteiger partial charge on any atom is 0.417 e. The van der Waals surface area contributed by atoms with Gasteiger partial charge in [0.1, 0.15) is 11.5 Å². The van der Waals surface area contributed by atoms with Crippen molar-refractivity contribution >= 4 is 11.8 Å². The lowest BCUT2D eigenvalue weighted by atomic mass is 10.3. The van der Waals surface area contributed by atoms with Gasteiger partial charge in [-0.1, -0.05) is 37.3 Å². The molecule has 0 unspecified atom stereocenters. The summed E-state index contributed by atoms with van der Waals surface area (Å²) < 4.78 is 10.7. The van der Waals surface area contributed by atoms with Crippen LogP contribution in [0.25, 0.3) is 0 Å². The molecular formula is C16H17NO3. The molecule has 0 aliphatic rings. The Morgan fingerprint density at radius 2 is 1.75 bits per heavy atom. The average Bonchev–Trinajstić information content (AvgIpc) is 2.47. The smallest absolute Gasteiger partial charge is 0.417 e. The number of carbonyl (C=O) groups is 1. The van der Waals surface area contributed by atoms with Crippen molar-refractivity contribution in [3.8, 4) is 11.5 Å². The van der Waals surface area contributed by atoms with Gasteiger partial charge in [0, 0.05) is 0 Å². The maximum absolute atomic E-state index is 11.8. The van der Waals surface area contributed by atoms with Gasteiger partial charge < -0.3 is 9.47 Å². The lowest BCUT2D eigenvalue weighted by Crippen LogP contribution is -2.17. The SMILES string of the molecule is CCCOc1ccccc1NC(=O)Oc1ccccc1. The fourth-order valence-electron chi connectivity index (χ4n) is 1.64. The third-order valence-corrected chi connectivity index (χ3v) is 2.54. The number of hydrogen-bond acceptors (Lipinski definition) is 3. The minimum absolute atomic E-state index is 0.497. The first-order valence-electron chi connectivity index (χ1n) is 6.55. The summed E-state index contributed by atoms with van der Waals surface area (Å²) in [6, 6.07) is 16.2. The monoisotopic (exact) mass is 271 g/mol. The van der Waals surface area contributed by atoms with Crippen molar-refractivity contribution in [3.05, 3.63) is 54.6 Å². The summed E-state index contributed by atoms with van der Waals surface area (Å²) >= 11 is 0. The van der Waals surface area contributed by atoms with Crippen molar-refractivity contribution in [1.82, 2.24) is 0 Å². The molecule has 0 atom stereocenters. The molecule has 2 aromatic carbocycles. The van der Waals surface area contributed by atoms with Crippen molar-refractivity contribution < 1.29 is 14.3 Å². The number of carbonyl (C=O) groups excluding carboxylic acids is 1. The summed E-state index contributed by atoms with van der Waals surface area (Å²) in [5.41, 5.74) is 0.599. The van der Waals surface area contributed by atoms with Gasteiger partial charge in [0.15, 0.2) is 0 Å². The standard InChI is InChI=1S/C16H17NO3/c1-2-12-19-15-11-7-6-10-14(15)17-16(18)20-13-8-4-3-5-9-13/h3-11H,2,12H2,1H3,(H,17,18). The third kappa shape index (κ3) is 4.02. The second kappa shape index (κ2) is 7.19. The van der Waals surface area contributed by atoms with Gasteiger partial charge in [-0.3, -0.25) is 5.32 Å². The van der Waals surface area contributed by atoms with Crippen LogP contribution in [0.3, 0.4) is 0 Å². The predicted molar refractivity (Wildman–Crippen MR) is 78.3 cm³/mol. The van der Waals surface area contributed by atoms with Crippen molar-refractivity contribution in [2.24, 2.45) is 0 Å². The third-order valence-electron chi connectivity index (χ3n) is 2.54. The largest absolute Gasteiger partial charge is 0.491 e. The molecular weight excluding hydrogens is 254 g/mol. The number of para-hydroxylation sites is 3. The van der Waals surface area contributed by atoms with E-state index in [4.69, 9.17) is 9.47 Å². The summed E-state index contributed by atoms with van der Waals surface area (Å²) in [7, 11) is 0. The molecule has 4 heteroatoms. The van der Waals surface area contributed by atoms with Gasteiger partial charge in [0.25, 0.3) is 0 Å². The van der Waals surface area contributed by atoms with Crippen molar-refractivity contribution in [1.29, 1.82) is 0 Å². The fraction of sp³-hybridized carbons (Fsp3) is 0.188. The first-order chi connectivity index (χ1) is 9.79. The molecule has 1 amide bonds. The van der Waals surface area contributed by atoms with Crippen molar-refractivity contribution in [2.75, 3.05) is 11.9 Å². The highest BCUT2D eigenvalue weighted by molar-refractivity contribution is 5.88. The molecule has 104 valence electrons. The van der Waals surface area contributed by atoms with Gasteiger partial charge in [-0.2, -0.15) is 0 Å². The lowest BCUT2D eigenvalue weighted by molar-refractivity contribution is 0.215. The van der Waals surface area contributed by atoms with Crippen LogP contribution in [0.5, 0.6) is 11.5 Å². The fourth-order valence-corrected chi connectivity index (χ4v) is 1.64. The Kier molecular flexibility index (Phi) is 5.00. The molecule has 20 heavy (non-hydrogen) atoms. The molecule has 0 radical (unpaired) electrons. The van der Waals surface area contributed by atoms with E-state index in [1.165, 1.54) is 0 Å². The van der Waals surface area contributed by atoms with Gasteiger partial charge in [0.2, 0.25) is 0 Å². The second-order valence-electron chi connectivity index (χ2n) is 4.17. The first-order valence-corrected chi connectivity index (χ1v) is 6.55. The van der Waals surface area contributed by atoms with Crippen molar-refractivity contribution in [3.63, 3.8) is 0 Å². The minimum atomic E-state index is -0.538. The van der Waals surface area contributed by atoms with Crippen LogP contribution in [0.1, 0.15) is 13.3 Å². The zero-order valence-corrected chi connectivity index (χ0v) is 11.3. The summed E-state index contributed by atoms with van der Waals surface area (Å²) in [5.74, 6) is 1.14. The molecule has 0 heterocycles. The molecule has 4 nitrogen and oxygen atoms in total.